The van der Waals surface area contributed by atoms with E-state index in [1.54, 1.807) is 0 Å². The van der Waals surface area contributed by atoms with Gasteiger partial charge in [0.25, 0.3) is 10.1 Å². The summed E-state index contributed by atoms with van der Waals surface area (Å²) in [6.45, 7) is 2.56. The fourth-order valence-electron chi connectivity index (χ4n) is 3.56. The van der Waals surface area contributed by atoms with Crippen LogP contribution in [0.25, 0.3) is 0 Å². The molecule has 7 nitrogen and oxygen atoms in total. The Morgan fingerprint density at radius 2 is 1.18 bits per heavy atom. The van der Waals surface area contributed by atoms with Crippen LogP contribution >= 0.6 is 0 Å². The molecule has 0 amide bonds. The third kappa shape index (κ3) is 25.8. The Hall–Kier alpha value is -0.700. The van der Waals surface area contributed by atoms with Crippen molar-refractivity contribution in [2.24, 2.45) is 0 Å². The zero-order valence-electron chi connectivity index (χ0n) is 21.5. The van der Waals surface area contributed by atoms with Gasteiger partial charge in [-0.3, -0.25) is 4.18 Å². The standard InChI is InChI=1S/C25H50O7S/c1-4-5-6-7-8-9-10-11-12-13-14-15-16-17-18-19-20-30-21-24(22-32-33(3,27)28)31-23-25(26)29-2/h24H,4-23H2,1-3H3. The Bertz CT molecular complexity index is 537. The van der Waals surface area contributed by atoms with Crippen LogP contribution in [0, 0.1) is 0 Å². The average molecular weight is 495 g/mol. The first kappa shape index (κ1) is 32.3. The van der Waals surface area contributed by atoms with Crippen LogP contribution in [0.15, 0.2) is 0 Å². The molecule has 0 heterocycles. The molecule has 0 N–H and O–H groups in total. The lowest BCUT2D eigenvalue weighted by Gasteiger charge is -2.17. The van der Waals surface area contributed by atoms with Crippen LogP contribution in [0.2, 0.25) is 0 Å². The van der Waals surface area contributed by atoms with Crippen molar-refractivity contribution in [1.82, 2.24) is 0 Å². The molecule has 0 aliphatic heterocycles. The Labute approximate surface area is 203 Å². The minimum atomic E-state index is -3.58. The van der Waals surface area contributed by atoms with E-state index in [1.165, 1.54) is 97.0 Å². The van der Waals surface area contributed by atoms with Gasteiger partial charge >= 0.3 is 5.97 Å². The van der Waals surface area contributed by atoms with Crippen LogP contribution in [-0.4, -0.2) is 60.3 Å². The molecule has 0 aromatic carbocycles. The predicted octanol–water partition coefficient (Wildman–Crippen LogP) is 5.80. The molecule has 0 aromatic rings. The number of carbonyl (C=O) groups excluding carboxylic acids is 1. The number of hydrogen-bond acceptors (Lipinski definition) is 7. The van der Waals surface area contributed by atoms with E-state index >= 15 is 0 Å². The summed E-state index contributed by atoms with van der Waals surface area (Å²) in [5, 5.41) is 0. The van der Waals surface area contributed by atoms with Crippen molar-refractivity contribution in [3.05, 3.63) is 0 Å². The summed E-state index contributed by atoms with van der Waals surface area (Å²) in [4.78, 5) is 11.2. The maximum atomic E-state index is 11.2. The SMILES string of the molecule is CCCCCCCCCCCCCCCCCCOCC(COS(C)(=O)=O)OCC(=O)OC. The molecule has 0 saturated carbocycles. The summed E-state index contributed by atoms with van der Waals surface area (Å²) in [6, 6.07) is 0. The summed E-state index contributed by atoms with van der Waals surface area (Å²) in [7, 11) is -2.31. The Kier molecular flexibility index (Phi) is 22.6. The van der Waals surface area contributed by atoms with E-state index in [0.717, 1.165) is 19.1 Å². The fourth-order valence-corrected chi connectivity index (χ4v) is 3.95. The summed E-state index contributed by atoms with van der Waals surface area (Å²) in [5.74, 6) is -0.530. The van der Waals surface area contributed by atoms with Gasteiger partial charge in [0.15, 0.2) is 0 Å². The van der Waals surface area contributed by atoms with Crippen molar-refractivity contribution >= 4 is 16.1 Å². The number of rotatable bonds is 25. The maximum absolute atomic E-state index is 11.2. The van der Waals surface area contributed by atoms with Crippen LogP contribution in [0.1, 0.15) is 110 Å². The smallest absolute Gasteiger partial charge is 0.331 e. The monoisotopic (exact) mass is 494 g/mol. The quantitative estimate of drug-likeness (QED) is 0.0900. The van der Waals surface area contributed by atoms with Crippen molar-refractivity contribution in [2.45, 2.75) is 116 Å². The third-order valence-corrected chi connectivity index (χ3v) is 6.14. The summed E-state index contributed by atoms with van der Waals surface area (Å²) < 4.78 is 42.5. The van der Waals surface area contributed by atoms with Gasteiger partial charge < -0.3 is 14.2 Å². The molecule has 1 unspecified atom stereocenters. The number of methoxy groups -OCH3 is 1. The number of hydrogen-bond donors (Lipinski definition) is 0. The molecule has 0 saturated heterocycles. The van der Waals surface area contributed by atoms with E-state index in [9.17, 15) is 13.2 Å². The highest BCUT2D eigenvalue weighted by Crippen LogP contribution is 2.13. The maximum Gasteiger partial charge on any atom is 0.331 e. The van der Waals surface area contributed by atoms with E-state index < -0.39 is 22.2 Å². The first-order chi connectivity index (χ1) is 15.9. The van der Waals surface area contributed by atoms with E-state index in [4.69, 9.17) is 13.7 Å². The highest BCUT2D eigenvalue weighted by atomic mass is 32.2. The van der Waals surface area contributed by atoms with Gasteiger partial charge in [-0.05, 0) is 6.42 Å². The molecule has 33 heavy (non-hydrogen) atoms. The van der Waals surface area contributed by atoms with Crippen molar-refractivity contribution in [1.29, 1.82) is 0 Å². The van der Waals surface area contributed by atoms with E-state index in [0.29, 0.717) is 6.61 Å². The molecular weight excluding hydrogens is 444 g/mol. The van der Waals surface area contributed by atoms with Crippen LogP contribution in [0.3, 0.4) is 0 Å². The molecular formula is C25H50O7S. The van der Waals surface area contributed by atoms with Gasteiger partial charge in [-0.1, -0.05) is 103 Å². The van der Waals surface area contributed by atoms with Gasteiger partial charge in [-0.25, -0.2) is 4.79 Å². The van der Waals surface area contributed by atoms with Gasteiger partial charge in [0, 0.05) is 6.61 Å². The minimum Gasteiger partial charge on any atom is -0.467 e. The summed E-state index contributed by atoms with van der Waals surface area (Å²) in [5.41, 5.74) is 0. The number of ether oxygens (including phenoxy) is 3. The van der Waals surface area contributed by atoms with Gasteiger partial charge in [-0.15, -0.1) is 0 Å². The molecule has 0 aromatic heterocycles. The largest absolute Gasteiger partial charge is 0.467 e. The van der Waals surface area contributed by atoms with Gasteiger partial charge in [0.1, 0.15) is 12.7 Å². The minimum absolute atomic E-state index is 0.172. The van der Waals surface area contributed by atoms with Gasteiger partial charge in [-0.2, -0.15) is 8.42 Å². The highest BCUT2D eigenvalue weighted by Gasteiger charge is 2.15. The Morgan fingerprint density at radius 3 is 1.61 bits per heavy atom. The predicted molar refractivity (Wildman–Crippen MR) is 133 cm³/mol. The van der Waals surface area contributed by atoms with Crippen molar-refractivity contribution in [2.75, 3.05) is 39.8 Å². The molecule has 0 fully saturated rings. The van der Waals surface area contributed by atoms with Gasteiger partial charge in [0.05, 0.1) is 26.6 Å². The molecule has 1 atom stereocenters. The second kappa shape index (κ2) is 23.1. The molecule has 198 valence electrons. The topological polar surface area (TPSA) is 88.1 Å². The lowest BCUT2D eigenvalue weighted by molar-refractivity contribution is -0.150. The lowest BCUT2D eigenvalue weighted by atomic mass is 10.0. The van der Waals surface area contributed by atoms with Crippen LogP contribution in [0.4, 0.5) is 0 Å². The summed E-state index contributed by atoms with van der Waals surface area (Å²) >= 11 is 0. The normalized spacial score (nSPS) is 12.7. The number of esters is 1. The lowest BCUT2D eigenvalue weighted by Crippen LogP contribution is -2.29. The molecule has 0 spiro atoms. The molecule has 8 heteroatoms. The Balaban J connectivity index is 3.54. The molecule has 0 aliphatic carbocycles. The fraction of sp³-hybridized carbons (Fsp3) is 0.960. The van der Waals surface area contributed by atoms with Crippen molar-refractivity contribution in [3.8, 4) is 0 Å². The summed E-state index contributed by atoms with van der Waals surface area (Å²) in [6.07, 6.45) is 21.4. The van der Waals surface area contributed by atoms with Crippen molar-refractivity contribution < 1.29 is 31.6 Å². The van der Waals surface area contributed by atoms with Gasteiger partial charge in [0.2, 0.25) is 0 Å². The van der Waals surface area contributed by atoms with Crippen molar-refractivity contribution in [3.63, 3.8) is 0 Å². The first-order valence-electron chi connectivity index (χ1n) is 13.0. The first-order valence-corrected chi connectivity index (χ1v) is 14.8. The van der Waals surface area contributed by atoms with Crippen LogP contribution in [0.5, 0.6) is 0 Å². The molecule has 0 bridgehead atoms. The number of unbranched alkanes of at least 4 members (excludes halogenated alkanes) is 15. The second-order valence-corrected chi connectivity index (χ2v) is 10.5. The molecule has 0 radical (unpaired) electrons. The highest BCUT2D eigenvalue weighted by molar-refractivity contribution is 7.85. The zero-order valence-corrected chi connectivity index (χ0v) is 22.3. The van der Waals surface area contributed by atoms with Crippen LogP contribution < -0.4 is 0 Å². The zero-order chi connectivity index (χ0) is 24.6. The molecule has 0 rings (SSSR count). The number of carbonyl (C=O) groups is 1. The van der Waals surface area contributed by atoms with Crippen LogP contribution in [-0.2, 0) is 33.3 Å². The molecule has 0 aliphatic rings. The third-order valence-electron chi connectivity index (χ3n) is 5.58. The Morgan fingerprint density at radius 1 is 0.727 bits per heavy atom. The van der Waals surface area contributed by atoms with E-state index in [-0.39, 0.29) is 19.8 Å². The second-order valence-electron chi connectivity index (χ2n) is 8.88. The van der Waals surface area contributed by atoms with E-state index in [1.807, 2.05) is 0 Å². The van der Waals surface area contributed by atoms with E-state index in [2.05, 4.69) is 11.7 Å². The average Bonchev–Trinajstić information content (AvgIpc) is 2.78.